The highest BCUT2D eigenvalue weighted by Gasteiger charge is 2.30. The summed E-state index contributed by atoms with van der Waals surface area (Å²) in [5, 5.41) is 16.3. The van der Waals surface area contributed by atoms with Crippen LogP contribution in [0, 0.1) is 0 Å². The standard InChI is InChI=1S/C24H30ClN5O/c25-19-2-4-20(5-3-19)30-17-22(21-6-10-27-16-23(21)30)18-7-13-29(14-8-18)24(31)28-12-1-9-26-11-15-28/h2-6,10,16-18,24,26,31H,1,7-9,11-15H2. The Morgan fingerprint density at radius 2 is 1.77 bits per heavy atom. The second-order valence-electron chi connectivity index (χ2n) is 8.62. The third kappa shape index (κ3) is 4.36. The van der Waals surface area contributed by atoms with Crippen LogP contribution in [0.4, 0.5) is 0 Å². The van der Waals surface area contributed by atoms with Crippen molar-refractivity contribution in [2.24, 2.45) is 0 Å². The number of hydrogen-bond acceptors (Lipinski definition) is 5. The van der Waals surface area contributed by atoms with E-state index in [1.165, 1.54) is 10.9 Å². The number of nitrogens with zero attached hydrogens (tertiary/aromatic N) is 4. The minimum Gasteiger partial charge on any atom is -0.365 e. The van der Waals surface area contributed by atoms with Crippen molar-refractivity contribution in [2.75, 3.05) is 39.3 Å². The average molecular weight is 440 g/mol. The molecule has 1 atom stereocenters. The van der Waals surface area contributed by atoms with Gasteiger partial charge in [0.1, 0.15) is 0 Å². The molecule has 0 radical (unpaired) electrons. The third-order valence-corrected chi connectivity index (χ3v) is 6.99. The molecule has 164 valence electrons. The summed E-state index contributed by atoms with van der Waals surface area (Å²) in [4.78, 5) is 8.82. The number of aromatic nitrogens is 2. The molecule has 0 spiro atoms. The summed E-state index contributed by atoms with van der Waals surface area (Å²) in [6, 6.07) is 10.1. The van der Waals surface area contributed by atoms with Gasteiger partial charge in [-0.2, -0.15) is 0 Å². The van der Waals surface area contributed by atoms with Gasteiger partial charge in [0.15, 0.2) is 6.35 Å². The molecule has 4 heterocycles. The minimum absolute atomic E-state index is 0.472. The van der Waals surface area contributed by atoms with Crippen molar-refractivity contribution in [3.05, 3.63) is 59.5 Å². The number of halogens is 1. The van der Waals surface area contributed by atoms with Crippen LogP contribution < -0.4 is 5.32 Å². The molecule has 3 aromatic rings. The Balaban J connectivity index is 1.34. The quantitative estimate of drug-likeness (QED) is 0.652. The number of rotatable bonds is 4. The fraction of sp³-hybridized carbons (Fsp3) is 0.458. The number of aliphatic hydroxyl groups excluding tert-OH is 1. The molecule has 0 aliphatic carbocycles. The lowest BCUT2D eigenvalue weighted by Crippen LogP contribution is -2.51. The summed E-state index contributed by atoms with van der Waals surface area (Å²) in [5.74, 6) is 0.479. The predicted octanol–water partition coefficient (Wildman–Crippen LogP) is 3.43. The summed E-state index contributed by atoms with van der Waals surface area (Å²) in [5.41, 5.74) is 3.59. The van der Waals surface area contributed by atoms with Gasteiger partial charge in [-0.3, -0.25) is 14.8 Å². The number of hydrogen-bond donors (Lipinski definition) is 2. The molecule has 2 aromatic heterocycles. The normalized spacial score (nSPS) is 20.7. The fourth-order valence-corrected chi connectivity index (χ4v) is 5.14. The van der Waals surface area contributed by atoms with Gasteiger partial charge in [-0.25, -0.2) is 0 Å². The Labute approximate surface area is 188 Å². The van der Waals surface area contributed by atoms with Crippen LogP contribution >= 0.6 is 11.6 Å². The third-order valence-electron chi connectivity index (χ3n) is 6.74. The second kappa shape index (κ2) is 9.27. The van der Waals surface area contributed by atoms with Gasteiger partial charge in [-0.1, -0.05) is 11.6 Å². The zero-order valence-corrected chi connectivity index (χ0v) is 18.5. The number of nitrogens with one attached hydrogen (secondary N) is 1. The monoisotopic (exact) mass is 439 g/mol. The molecule has 6 nitrogen and oxygen atoms in total. The Kier molecular flexibility index (Phi) is 6.25. The first kappa shape index (κ1) is 20.9. The smallest absolute Gasteiger partial charge is 0.165 e. The van der Waals surface area contributed by atoms with Gasteiger partial charge in [0.05, 0.1) is 11.7 Å². The van der Waals surface area contributed by atoms with Crippen molar-refractivity contribution in [1.82, 2.24) is 24.7 Å². The lowest BCUT2D eigenvalue weighted by Gasteiger charge is -2.39. The first-order chi connectivity index (χ1) is 15.2. The van der Waals surface area contributed by atoms with Gasteiger partial charge in [0.2, 0.25) is 0 Å². The number of piperidine rings is 1. The highest BCUT2D eigenvalue weighted by atomic mass is 35.5. The van der Waals surface area contributed by atoms with Gasteiger partial charge < -0.3 is 15.0 Å². The molecule has 2 aliphatic rings. The summed E-state index contributed by atoms with van der Waals surface area (Å²) < 4.78 is 2.22. The lowest BCUT2D eigenvalue weighted by molar-refractivity contribution is -0.117. The van der Waals surface area contributed by atoms with Crippen LogP contribution in [0.2, 0.25) is 5.02 Å². The number of likely N-dealkylation sites (tertiary alicyclic amines) is 1. The number of fused-ring (bicyclic) bond motifs is 1. The van der Waals surface area contributed by atoms with Crippen LogP contribution in [0.25, 0.3) is 16.6 Å². The first-order valence-corrected chi connectivity index (χ1v) is 11.7. The average Bonchev–Trinajstić information content (AvgIpc) is 2.99. The van der Waals surface area contributed by atoms with E-state index in [0.717, 1.165) is 74.8 Å². The van der Waals surface area contributed by atoms with Crippen LogP contribution in [-0.2, 0) is 0 Å². The van der Waals surface area contributed by atoms with Crippen molar-refractivity contribution in [3.8, 4) is 5.69 Å². The Hall–Kier alpha value is -1.96. The van der Waals surface area contributed by atoms with Crippen molar-refractivity contribution in [2.45, 2.75) is 31.5 Å². The van der Waals surface area contributed by atoms with Crippen molar-refractivity contribution < 1.29 is 5.11 Å². The van der Waals surface area contributed by atoms with Gasteiger partial charge in [-0.15, -0.1) is 0 Å². The predicted molar refractivity (Wildman–Crippen MR) is 125 cm³/mol. The number of pyridine rings is 1. The molecule has 7 heteroatoms. The molecule has 1 unspecified atom stereocenters. The Morgan fingerprint density at radius 3 is 2.58 bits per heavy atom. The van der Waals surface area contributed by atoms with Crippen LogP contribution in [-0.4, -0.2) is 70.1 Å². The fourth-order valence-electron chi connectivity index (χ4n) is 5.01. The summed E-state index contributed by atoms with van der Waals surface area (Å²) >= 11 is 6.10. The Morgan fingerprint density at radius 1 is 1.00 bits per heavy atom. The first-order valence-electron chi connectivity index (χ1n) is 11.3. The van der Waals surface area contributed by atoms with E-state index in [9.17, 15) is 5.11 Å². The van der Waals surface area contributed by atoms with E-state index in [0.29, 0.717) is 5.92 Å². The molecule has 1 aromatic carbocycles. The maximum absolute atomic E-state index is 10.9. The number of benzene rings is 1. The number of aliphatic hydroxyl groups is 1. The van der Waals surface area contributed by atoms with Crippen LogP contribution in [0.1, 0.15) is 30.7 Å². The molecule has 0 saturated carbocycles. The molecule has 5 rings (SSSR count). The molecule has 31 heavy (non-hydrogen) atoms. The molecule has 0 bridgehead atoms. The van der Waals surface area contributed by atoms with Crippen molar-refractivity contribution >= 4 is 22.5 Å². The van der Waals surface area contributed by atoms with E-state index < -0.39 is 6.35 Å². The largest absolute Gasteiger partial charge is 0.365 e. The molecule has 2 aliphatic heterocycles. The van der Waals surface area contributed by atoms with E-state index in [4.69, 9.17) is 11.6 Å². The zero-order valence-electron chi connectivity index (χ0n) is 17.8. The summed E-state index contributed by atoms with van der Waals surface area (Å²) in [6.07, 6.45) is 8.80. The van der Waals surface area contributed by atoms with E-state index in [2.05, 4.69) is 36.9 Å². The maximum Gasteiger partial charge on any atom is 0.165 e. The van der Waals surface area contributed by atoms with Crippen molar-refractivity contribution in [3.63, 3.8) is 0 Å². The second-order valence-corrected chi connectivity index (χ2v) is 9.06. The summed E-state index contributed by atoms with van der Waals surface area (Å²) in [6.45, 7) is 5.67. The van der Waals surface area contributed by atoms with Crippen LogP contribution in [0.15, 0.2) is 48.9 Å². The highest BCUT2D eigenvalue weighted by molar-refractivity contribution is 6.30. The van der Waals surface area contributed by atoms with Crippen LogP contribution in [0.3, 0.4) is 0 Å². The Bertz CT molecular complexity index is 1000. The van der Waals surface area contributed by atoms with E-state index in [1.807, 2.05) is 36.7 Å². The highest BCUT2D eigenvalue weighted by Crippen LogP contribution is 2.36. The van der Waals surface area contributed by atoms with Crippen molar-refractivity contribution in [1.29, 1.82) is 0 Å². The van der Waals surface area contributed by atoms with E-state index in [-0.39, 0.29) is 0 Å². The molecule has 2 fully saturated rings. The summed E-state index contributed by atoms with van der Waals surface area (Å²) in [7, 11) is 0. The zero-order chi connectivity index (χ0) is 21.2. The SMILES string of the molecule is OC(N1CCCNCC1)N1CCC(c2cn(-c3ccc(Cl)cc3)c3cnccc23)CC1. The molecular formula is C24H30ClN5O. The van der Waals surface area contributed by atoms with Gasteiger partial charge in [0, 0.05) is 61.2 Å². The van der Waals surface area contributed by atoms with E-state index in [1.54, 1.807) is 0 Å². The molecule has 2 saturated heterocycles. The molecular weight excluding hydrogens is 410 g/mol. The minimum atomic E-state index is -0.472. The molecule has 0 amide bonds. The van der Waals surface area contributed by atoms with Gasteiger partial charge in [0.25, 0.3) is 0 Å². The lowest BCUT2D eigenvalue weighted by atomic mass is 9.89. The van der Waals surface area contributed by atoms with Gasteiger partial charge >= 0.3 is 0 Å². The van der Waals surface area contributed by atoms with E-state index >= 15 is 0 Å². The van der Waals surface area contributed by atoms with Crippen LogP contribution in [0.5, 0.6) is 0 Å². The van der Waals surface area contributed by atoms with Gasteiger partial charge in [-0.05, 0) is 67.6 Å². The molecule has 2 N–H and O–H groups in total. The maximum atomic E-state index is 10.9. The topological polar surface area (TPSA) is 56.6 Å².